The van der Waals surface area contributed by atoms with E-state index in [0.717, 1.165) is 41.0 Å². The fourth-order valence-corrected chi connectivity index (χ4v) is 5.13. The second kappa shape index (κ2) is 12.5. The van der Waals surface area contributed by atoms with E-state index in [0.29, 0.717) is 12.5 Å². The van der Waals surface area contributed by atoms with E-state index in [1.165, 1.54) is 22.3 Å². The molecule has 2 rings (SSSR count). The molecule has 0 aliphatic carbocycles. The Balaban J connectivity index is 2.03. The maximum Gasteiger partial charge on any atom is 0.323 e. The third-order valence-electron chi connectivity index (χ3n) is 6.48. The summed E-state index contributed by atoms with van der Waals surface area (Å²) in [6, 6.07) is 8.49. The summed E-state index contributed by atoms with van der Waals surface area (Å²) < 4.78 is 5.90. The van der Waals surface area contributed by atoms with Crippen LogP contribution in [-0.4, -0.2) is 46.2 Å². The summed E-state index contributed by atoms with van der Waals surface area (Å²) in [6.45, 7) is 14.0. The zero-order valence-corrected chi connectivity index (χ0v) is 23.0. The van der Waals surface area contributed by atoms with E-state index in [9.17, 15) is 14.7 Å². The predicted octanol–water partition coefficient (Wildman–Crippen LogP) is 5.71. The van der Waals surface area contributed by atoms with Gasteiger partial charge in [-0.3, -0.25) is 9.59 Å². The van der Waals surface area contributed by atoms with Gasteiger partial charge in [-0.05, 0) is 73.3 Å². The van der Waals surface area contributed by atoms with E-state index in [-0.39, 0.29) is 24.5 Å². The molecule has 1 aromatic carbocycles. The minimum Gasteiger partial charge on any atom is -0.491 e. The second-order valence-electron chi connectivity index (χ2n) is 10.4. The Hall–Kier alpha value is -2.38. The van der Waals surface area contributed by atoms with Gasteiger partial charge in [-0.25, -0.2) is 0 Å². The average Bonchev–Trinajstić information content (AvgIpc) is 3.10. The van der Waals surface area contributed by atoms with Gasteiger partial charge >= 0.3 is 5.97 Å². The van der Waals surface area contributed by atoms with Gasteiger partial charge in [0.1, 0.15) is 18.9 Å². The maximum atomic E-state index is 11.8. The Morgan fingerprint density at radius 2 is 1.83 bits per heavy atom. The molecule has 0 saturated heterocycles. The first-order chi connectivity index (χ1) is 16.3. The number of aryl methyl sites for hydroxylation is 3. The molecule has 0 aliphatic heterocycles. The van der Waals surface area contributed by atoms with Gasteiger partial charge in [0.15, 0.2) is 0 Å². The lowest BCUT2D eigenvalue weighted by Crippen LogP contribution is -2.33. The molecule has 2 N–H and O–H groups in total. The molecule has 0 bridgehead atoms. The molecule has 1 aromatic heterocycles. The Labute approximate surface area is 213 Å². The van der Waals surface area contributed by atoms with Crippen LogP contribution in [0.25, 0.3) is 0 Å². The molecule has 2 atom stereocenters. The quantitative estimate of drug-likeness (QED) is 0.387. The largest absolute Gasteiger partial charge is 0.491 e. The van der Waals surface area contributed by atoms with E-state index < -0.39 is 12.1 Å². The normalized spacial score (nSPS) is 13.4. The molecule has 194 valence electrons. The van der Waals surface area contributed by atoms with Crippen molar-refractivity contribution in [2.75, 3.05) is 13.2 Å². The third kappa shape index (κ3) is 8.65. The number of aliphatic carboxylic acids is 1. The molecular formula is C28H41NO5S. The van der Waals surface area contributed by atoms with Crippen LogP contribution in [0.4, 0.5) is 0 Å². The fraction of sp³-hybridized carbons (Fsp3) is 0.571. The molecule has 0 saturated carbocycles. The highest BCUT2D eigenvalue weighted by Gasteiger charge is 2.23. The molecule has 0 radical (unpaired) electrons. The van der Waals surface area contributed by atoms with Gasteiger partial charge in [0.05, 0.1) is 12.6 Å². The number of hydrogen-bond acceptors (Lipinski definition) is 5. The standard InChI is InChI=1S/C28H41NO5S/c1-8-21(22-10-12-24(18(2)13-22)34-17-26(31)28(5,6)7)9-11-23-14-19(3)25(35-23)15-29(20(4)30)16-27(32)33/h10,12-14,21,26,31H,8-9,11,15-17H2,1-7H3,(H,32,33). The zero-order valence-electron chi connectivity index (χ0n) is 22.2. The Morgan fingerprint density at radius 3 is 2.37 bits per heavy atom. The van der Waals surface area contributed by atoms with Gasteiger partial charge in [-0.1, -0.05) is 39.8 Å². The Morgan fingerprint density at radius 1 is 1.14 bits per heavy atom. The number of thiophene rings is 1. The predicted molar refractivity (Wildman–Crippen MR) is 141 cm³/mol. The highest BCUT2D eigenvalue weighted by Crippen LogP contribution is 2.32. The molecule has 35 heavy (non-hydrogen) atoms. The molecule has 2 aromatic rings. The number of ether oxygens (including phenoxy) is 1. The number of carboxylic acid groups (broad SMARTS) is 1. The number of benzene rings is 1. The summed E-state index contributed by atoms with van der Waals surface area (Å²) in [5, 5.41) is 19.3. The minimum absolute atomic E-state index is 0.220. The van der Waals surface area contributed by atoms with Crippen molar-refractivity contribution in [1.82, 2.24) is 4.90 Å². The van der Waals surface area contributed by atoms with Gasteiger partial charge in [0, 0.05) is 16.7 Å². The average molecular weight is 504 g/mol. The lowest BCUT2D eigenvalue weighted by atomic mass is 9.89. The van der Waals surface area contributed by atoms with Gasteiger partial charge in [0.2, 0.25) is 5.91 Å². The maximum absolute atomic E-state index is 11.8. The Kier molecular flexibility index (Phi) is 10.3. The number of aliphatic hydroxyl groups excluding tert-OH is 1. The summed E-state index contributed by atoms with van der Waals surface area (Å²) in [6.07, 6.45) is 2.42. The van der Waals surface area contributed by atoms with E-state index in [1.54, 1.807) is 11.3 Å². The monoisotopic (exact) mass is 503 g/mol. The van der Waals surface area contributed by atoms with Crippen LogP contribution < -0.4 is 4.74 Å². The van der Waals surface area contributed by atoms with Gasteiger partial charge in [-0.2, -0.15) is 0 Å². The van der Waals surface area contributed by atoms with E-state index in [1.807, 2.05) is 40.7 Å². The van der Waals surface area contributed by atoms with Crippen LogP contribution in [0, 0.1) is 19.3 Å². The number of hydrogen-bond donors (Lipinski definition) is 2. The van der Waals surface area contributed by atoms with Crippen molar-refractivity contribution in [3.05, 3.63) is 50.7 Å². The fourth-order valence-electron chi connectivity index (χ4n) is 3.92. The van der Waals surface area contributed by atoms with Crippen molar-refractivity contribution in [1.29, 1.82) is 0 Å². The van der Waals surface area contributed by atoms with Crippen molar-refractivity contribution < 1.29 is 24.5 Å². The molecule has 1 heterocycles. The zero-order chi connectivity index (χ0) is 26.3. The van der Waals surface area contributed by atoms with Crippen LogP contribution in [-0.2, 0) is 22.6 Å². The summed E-state index contributed by atoms with van der Waals surface area (Å²) in [7, 11) is 0. The van der Waals surface area contributed by atoms with Crippen molar-refractivity contribution >= 4 is 23.2 Å². The lowest BCUT2D eigenvalue weighted by molar-refractivity contribution is -0.144. The smallest absolute Gasteiger partial charge is 0.323 e. The van der Waals surface area contributed by atoms with Crippen LogP contribution in [0.2, 0.25) is 0 Å². The van der Waals surface area contributed by atoms with Crippen molar-refractivity contribution in [3.63, 3.8) is 0 Å². The van der Waals surface area contributed by atoms with Gasteiger partial charge < -0.3 is 19.8 Å². The molecule has 1 amide bonds. The van der Waals surface area contributed by atoms with E-state index >= 15 is 0 Å². The topological polar surface area (TPSA) is 87.1 Å². The molecule has 7 heteroatoms. The molecule has 2 unspecified atom stereocenters. The molecular weight excluding hydrogens is 462 g/mol. The first-order valence-electron chi connectivity index (χ1n) is 12.3. The SMILES string of the molecule is CCC(CCc1cc(C)c(CN(CC(=O)O)C(C)=O)s1)c1ccc(OCC(O)C(C)(C)C)c(C)c1. The van der Waals surface area contributed by atoms with Crippen LogP contribution in [0.3, 0.4) is 0 Å². The van der Waals surface area contributed by atoms with Crippen LogP contribution in [0.1, 0.15) is 79.8 Å². The number of carbonyl (C=O) groups is 2. The van der Waals surface area contributed by atoms with E-state index in [4.69, 9.17) is 9.84 Å². The first-order valence-corrected chi connectivity index (χ1v) is 13.1. The molecule has 6 nitrogen and oxygen atoms in total. The molecule has 0 aliphatic rings. The number of nitrogens with zero attached hydrogens (tertiary/aromatic N) is 1. The number of amides is 1. The van der Waals surface area contributed by atoms with Crippen molar-refractivity contribution in [2.45, 2.75) is 86.3 Å². The second-order valence-corrected chi connectivity index (χ2v) is 11.7. The van der Waals surface area contributed by atoms with Crippen LogP contribution in [0.15, 0.2) is 24.3 Å². The highest BCUT2D eigenvalue weighted by atomic mass is 32.1. The lowest BCUT2D eigenvalue weighted by Gasteiger charge is -2.26. The van der Waals surface area contributed by atoms with Gasteiger partial charge in [0.25, 0.3) is 0 Å². The van der Waals surface area contributed by atoms with Crippen LogP contribution in [0.5, 0.6) is 5.75 Å². The third-order valence-corrected chi connectivity index (χ3v) is 7.76. The number of carbonyl (C=O) groups excluding carboxylic acids is 1. The molecule has 0 spiro atoms. The van der Waals surface area contributed by atoms with E-state index in [2.05, 4.69) is 25.1 Å². The Bertz CT molecular complexity index is 1010. The summed E-state index contributed by atoms with van der Waals surface area (Å²) in [5.41, 5.74) is 3.23. The summed E-state index contributed by atoms with van der Waals surface area (Å²) in [5.74, 6) is -0.0164. The minimum atomic E-state index is -1.00. The number of rotatable bonds is 12. The number of aliphatic hydroxyl groups is 1. The molecule has 0 fully saturated rings. The van der Waals surface area contributed by atoms with Crippen LogP contribution >= 0.6 is 11.3 Å². The highest BCUT2D eigenvalue weighted by molar-refractivity contribution is 7.12. The van der Waals surface area contributed by atoms with Crippen molar-refractivity contribution in [2.24, 2.45) is 5.41 Å². The summed E-state index contributed by atoms with van der Waals surface area (Å²) >= 11 is 1.67. The van der Waals surface area contributed by atoms with Gasteiger partial charge in [-0.15, -0.1) is 11.3 Å². The summed E-state index contributed by atoms with van der Waals surface area (Å²) in [4.78, 5) is 26.6. The first kappa shape index (κ1) is 28.9. The van der Waals surface area contributed by atoms with Crippen molar-refractivity contribution in [3.8, 4) is 5.75 Å². The number of carboxylic acids is 1.